The van der Waals surface area contributed by atoms with Crippen molar-refractivity contribution < 1.29 is 13.7 Å². The van der Waals surface area contributed by atoms with Gasteiger partial charge in [-0.05, 0) is 12.8 Å². The van der Waals surface area contributed by atoms with Crippen molar-refractivity contribution in [1.29, 1.82) is 0 Å². The number of nitrogens with zero attached hydrogens (tertiary/aromatic N) is 3. The Kier molecular flexibility index (Phi) is 2.64. The van der Waals surface area contributed by atoms with E-state index in [1.54, 1.807) is 6.92 Å². The van der Waals surface area contributed by atoms with E-state index in [1.807, 2.05) is 0 Å². The van der Waals surface area contributed by atoms with Gasteiger partial charge in [-0.2, -0.15) is 4.98 Å². The number of hydrogen-bond acceptors (Lipinski definition) is 7. The third kappa shape index (κ3) is 1.91. The zero-order chi connectivity index (χ0) is 12.6. The van der Waals surface area contributed by atoms with Crippen LogP contribution in [0.5, 0.6) is 0 Å². The summed E-state index contributed by atoms with van der Waals surface area (Å²) in [6, 6.07) is 0. The van der Waals surface area contributed by atoms with E-state index >= 15 is 0 Å². The second kappa shape index (κ2) is 4.18. The molecule has 1 fully saturated rings. The fourth-order valence-electron chi connectivity index (χ4n) is 1.95. The third-order valence-electron chi connectivity index (χ3n) is 3.09. The number of aromatic nitrogens is 3. The monoisotopic (exact) mass is 250 g/mol. The molecule has 1 aliphatic heterocycles. The minimum atomic E-state index is -0.595. The van der Waals surface area contributed by atoms with Crippen molar-refractivity contribution in [2.75, 3.05) is 13.2 Å². The van der Waals surface area contributed by atoms with Crippen molar-refractivity contribution in [3.05, 3.63) is 18.0 Å². The molecule has 2 aromatic rings. The van der Waals surface area contributed by atoms with Crippen molar-refractivity contribution in [3.63, 3.8) is 0 Å². The van der Waals surface area contributed by atoms with Gasteiger partial charge in [-0.1, -0.05) is 5.16 Å². The molecule has 2 N–H and O–H groups in total. The van der Waals surface area contributed by atoms with Crippen molar-refractivity contribution >= 4 is 0 Å². The number of ether oxygens (including phenoxy) is 1. The fourth-order valence-corrected chi connectivity index (χ4v) is 1.95. The minimum Gasteiger partial charge on any atom is -0.449 e. The van der Waals surface area contributed by atoms with Crippen LogP contribution in [-0.2, 0) is 10.3 Å². The number of nitrogens with two attached hydrogens (primary N) is 1. The van der Waals surface area contributed by atoms with Crippen LogP contribution in [0.2, 0.25) is 0 Å². The molecule has 1 saturated heterocycles. The third-order valence-corrected chi connectivity index (χ3v) is 3.09. The molecular formula is C11H14N4O3. The molecule has 1 aliphatic rings. The lowest BCUT2D eigenvalue weighted by molar-refractivity contribution is 0.0400. The standard InChI is InChI=1S/C11H14N4O3/c1-7-13-8(6-17-7)9-14-10(18-15-9)11(12)2-4-16-5-3-11/h6H,2-5,12H2,1H3. The molecule has 0 radical (unpaired) electrons. The van der Waals surface area contributed by atoms with Gasteiger partial charge in [-0.25, -0.2) is 4.98 Å². The summed E-state index contributed by atoms with van der Waals surface area (Å²) in [6.07, 6.45) is 2.84. The molecule has 7 heteroatoms. The van der Waals surface area contributed by atoms with Crippen LogP contribution in [0.4, 0.5) is 0 Å². The van der Waals surface area contributed by atoms with Gasteiger partial charge in [0.25, 0.3) is 0 Å². The Morgan fingerprint density at radius 2 is 2.06 bits per heavy atom. The molecule has 96 valence electrons. The van der Waals surface area contributed by atoms with Crippen LogP contribution in [0.3, 0.4) is 0 Å². The summed E-state index contributed by atoms with van der Waals surface area (Å²) in [4.78, 5) is 8.45. The highest BCUT2D eigenvalue weighted by Crippen LogP contribution is 2.29. The van der Waals surface area contributed by atoms with Gasteiger partial charge in [0, 0.05) is 20.1 Å². The lowest BCUT2D eigenvalue weighted by atomic mass is 9.91. The van der Waals surface area contributed by atoms with Crippen LogP contribution in [0.15, 0.2) is 15.2 Å². The number of oxazole rings is 1. The van der Waals surface area contributed by atoms with Crippen molar-refractivity contribution in [2.24, 2.45) is 5.73 Å². The summed E-state index contributed by atoms with van der Waals surface area (Å²) in [6.45, 7) is 2.97. The van der Waals surface area contributed by atoms with Crippen LogP contribution in [-0.4, -0.2) is 28.3 Å². The zero-order valence-electron chi connectivity index (χ0n) is 10.0. The van der Waals surface area contributed by atoms with Crippen LogP contribution < -0.4 is 5.73 Å². The quantitative estimate of drug-likeness (QED) is 0.848. The first-order valence-electron chi connectivity index (χ1n) is 5.81. The zero-order valence-corrected chi connectivity index (χ0v) is 10.0. The van der Waals surface area contributed by atoms with Crippen LogP contribution >= 0.6 is 0 Å². The van der Waals surface area contributed by atoms with Gasteiger partial charge in [-0.3, -0.25) is 0 Å². The molecule has 0 bridgehead atoms. The lowest BCUT2D eigenvalue weighted by Crippen LogP contribution is -2.42. The Hall–Kier alpha value is -1.73. The predicted octanol–water partition coefficient (Wildman–Crippen LogP) is 0.997. The lowest BCUT2D eigenvalue weighted by Gasteiger charge is -2.29. The van der Waals surface area contributed by atoms with Crippen LogP contribution in [0.25, 0.3) is 11.5 Å². The van der Waals surface area contributed by atoms with E-state index in [4.69, 9.17) is 19.4 Å². The van der Waals surface area contributed by atoms with Gasteiger partial charge in [0.1, 0.15) is 17.5 Å². The highest BCUT2D eigenvalue weighted by molar-refractivity contribution is 5.45. The molecule has 0 unspecified atom stereocenters. The van der Waals surface area contributed by atoms with E-state index in [9.17, 15) is 0 Å². The van der Waals surface area contributed by atoms with Gasteiger partial charge in [0.15, 0.2) is 5.89 Å². The van der Waals surface area contributed by atoms with Crippen molar-refractivity contribution in [3.8, 4) is 11.5 Å². The molecule has 0 amide bonds. The fraction of sp³-hybridized carbons (Fsp3) is 0.545. The first kappa shape index (κ1) is 11.4. The number of hydrogen-bond donors (Lipinski definition) is 1. The Labute approximate surface area is 103 Å². The number of aryl methyl sites for hydroxylation is 1. The van der Waals surface area contributed by atoms with Gasteiger partial charge in [0.2, 0.25) is 11.7 Å². The van der Waals surface area contributed by atoms with E-state index in [0.717, 1.165) is 0 Å². The molecule has 3 heterocycles. The molecule has 0 spiro atoms. The van der Waals surface area contributed by atoms with Crippen molar-refractivity contribution in [2.45, 2.75) is 25.3 Å². The Bertz CT molecular complexity index is 542. The average Bonchev–Trinajstić information content (AvgIpc) is 2.98. The molecule has 0 atom stereocenters. The largest absolute Gasteiger partial charge is 0.449 e. The smallest absolute Gasteiger partial charge is 0.247 e. The SMILES string of the molecule is Cc1nc(-c2noc(C3(N)CCOCC3)n2)co1. The molecule has 0 aromatic carbocycles. The van der Waals surface area contributed by atoms with Gasteiger partial charge < -0.3 is 19.4 Å². The first-order valence-corrected chi connectivity index (χ1v) is 5.81. The summed E-state index contributed by atoms with van der Waals surface area (Å²) in [5.41, 5.74) is 6.22. The molecule has 0 aliphatic carbocycles. The maximum atomic E-state index is 6.26. The number of rotatable bonds is 2. The highest BCUT2D eigenvalue weighted by atomic mass is 16.5. The van der Waals surface area contributed by atoms with Gasteiger partial charge in [-0.15, -0.1) is 0 Å². The summed E-state index contributed by atoms with van der Waals surface area (Å²) in [5.74, 6) is 1.39. The predicted molar refractivity (Wildman–Crippen MR) is 60.5 cm³/mol. The summed E-state index contributed by atoms with van der Waals surface area (Å²) >= 11 is 0. The summed E-state index contributed by atoms with van der Waals surface area (Å²) in [7, 11) is 0. The maximum absolute atomic E-state index is 6.26. The van der Waals surface area contributed by atoms with E-state index < -0.39 is 5.54 Å². The van der Waals surface area contributed by atoms with Gasteiger partial charge >= 0.3 is 0 Å². The molecule has 2 aromatic heterocycles. The second-order valence-corrected chi connectivity index (χ2v) is 4.44. The Morgan fingerprint density at radius 1 is 1.28 bits per heavy atom. The van der Waals surface area contributed by atoms with E-state index in [2.05, 4.69) is 15.1 Å². The van der Waals surface area contributed by atoms with E-state index in [1.165, 1.54) is 6.26 Å². The molecule has 7 nitrogen and oxygen atoms in total. The Morgan fingerprint density at radius 3 is 2.72 bits per heavy atom. The van der Waals surface area contributed by atoms with Crippen LogP contribution in [0, 0.1) is 6.92 Å². The molecule has 0 saturated carbocycles. The summed E-state index contributed by atoms with van der Waals surface area (Å²) < 4.78 is 15.6. The van der Waals surface area contributed by atoms with E-state index in [-0.39, 0.29) is 0 Å². The first-order chi connectivity index (χ1) is 8.67. The molecule has 18 heavy (non-hydrogen) atoms. The highest BCUT2D eigenvalue weighted by Gasteiger charge is 2.36. The Balaban J connectivity index is 1.89. The minimum absolute atomic E-state index is 0.401. The maximum Gasteiger partial charge on any atom is 0.247 e. The molecular weight excluding hydrogens is 236 g/mol. The van der Waals surface area contributed by atoms with Gasteiger partial charge in [0.05, 0.1) is 0 Å². The average molecular weight is 250 g/mol. The van der Waals surface area contributed by atoms with Crippen molar-refractivity contribution in [1.82, 2.24) is 15.1 Å². The second-order valence-electron chi connectivity index (χ2n) is 4.44. The topological polar surface area (TPSA) is 100 Å². The normalized spacial score (nSPS) is 19.0. The molecule has 3 rings (SSSR count). The summed E-state index contributed by atoms with van der Waals surface area (Å²) in [5, 5.41) is 3.89. The van der Waals surface area contributed by atoms with E-state index in [0.29, 0.717) is 49.4 Å². The van der Waals surface area contributed by atoms with Crippen LogP contribution in [0.1, 0.15) is 24.6 Å².